The molecule has 0 bridgehead atoms. The summed E-state index contributed by atoms with van der Waals surface area (Å²) in [7, 11) is 5.40. The predicted octanol–water partition coefficient (Wildman–Crippen LogP) is 6.65. The maximum Gasteiger partial charge on any atom is 0.305 e. The monoisotopic (exact) mass is 766 g/mol. The molecule has 0 atom stereocenters. The molecule has 1 N–H and O–H groups in total. The van der Waals surface area contributed by atoms with E-state index in [4.69, 9.17) is 28.8 Å². The number of hydrogen-bond donors (Lipinski definition) is 1. The lowest BCUT2D eigenvalue weighted by Crippen LogP contribution is -2.07. The fourth-order valence-corrected chi connectivity index (χ4v) is 4.35. The van der Waals surface area contributed by atoms with E-state index in [1.54, 1.807) is 36.4 Å². The van der Waals surface area contributed by atoms with Crippen molar-refractivity contribution in [1.29, 1.82) is 0 Å². The number of esters is 2. The second kappa shape index (κ2) is 24.4. The zero-order valence-corrected chi connectivity index (χ0v) is 30.7. The number of hydrogen-bond acceptors (Lipinski definition) is 15. The van der Waals surface area contributed by atoms with Gasteiger partial charge in [-0.3, -0.25) is 34.6 Å². The predicted molar refractivity (Wildman–Crippen MR) is 197 cm³/mol. The number of aromatic hydroxyl groups is 1. The van der Waals surface area contributed by atoms with Gasteiger partial charge in [0.25, 0.3) is 11.4 Å². The Balaban J connectivity index is 0.000000329. The van der Waals surface area contributed by atoms with Crippen LogP contribution in [-0.2, 0) is 25.7 Å². The topological polar surface area (TPSA) is 222 Å². The van der Waals surface area contributed by atoms with Gasteiger partial charge in [-0.1, -0.05) is 36.4 Å². The Morgan fingerprint density at radius 2 is 1.13 bits per heavy atom. The Hall–Kier alpha value is -6.91. The molecule has 0 aliphatic heterocycles. The zero-order chi connectivity index (χ0) is 40.6. The first-order valence-corrected chi connectivity index (χ1v) is 16.5. The van der Waals surface area contributed by atoms with E-state index in [0.717, 1.165) is 6.07 Å². The van der Waals surface area contributed by atoms with Gasteiger partial charge in [0, 0.05) is 18.9 Å². The van der Waals surface area contributed by atoms with E-state index >= 15 is 0 Å². The standard InChI is InChI=1S/C19H21NO7.C13H15NO7.C6H6O/c1-24-17-11-14(13-27-15-7-4-3-5-8-15)16(20(22)23)12-18(17)26-10-6-9-19(21)25-2;1-19-11-6-9(8-15)10(14(17)18)7-12(11)21-5-3-4-13(16)20-2;7-6-4-2-1-3-5-6/h3-5,7-8,11-12H,6,9-10,13H2,1-2H3;6-8H,3-5H2,1-2H3;1-5,7H. The number of carbonyl (C=O) groups is 3. The highest BCUT2D eigenvalue weighted by Crippen LogP contribution is 2.36. The molecule has 0 radical (unpaired) electrons. The fourth-order valence-electron chi connectivity index (χ4n) is 4.35. The van der Waals surface area contributed by atoms with Crippen LogP contribution in [0.15, 0.2) is 84.9 Å². The fraction of sp³-hybridized carbons (Fsp3) is 0.289. The van der Waals surface area contributed by atoms with Crippen LogP contribution in [0.4, 0.5) is 11.4 Å². The van der Waals surface area contributed by atoms with E-state index < -0.39 is 9.85 Å². The van der Waals surface area contributed by atoms with Crippen LogP contribution in [0, 0.1) is 20.2 Å². The third kappa shape index (κ3) is 15.7. The summed E-state index contributed by atoms with van der Waals surface area (Å²) in [6, 6.07) is 22.9. The smallest absolute Gasteiger partial charge is 0.305 e. The van der Waals surface area contributed by atoms with Crippen molar-refractivity contribution in [2.45, 2.75) is 32.3 Å². The Bertz CT molecular complexity index is 1840. The van der Waals surface area contributed by atoms with Crippen molar-refractivity contribution in [2.24, 2.45) is 0 Å². The van der Waals surface area contributed by atoms with Gasteiger partial charge in [-0.2, -0.15) is 0 Å². The Kier molecular flexibility index (Phi) is 19.6. The molecule has 0 fully saturated rings. The number of nitrogens with zero attached hydrogens (tertiary/aromatic N) is 2. The molecule has 0 aliphatic rings. The van der Waals surface area contributed by atoms with Gasteiger partial charge in [-0.25, -0.2) is 0 Å². The van der Waals surface area contributed by atoms with E-state index in [1.165, 1.54) is 46.6 Å². The number of ether oxygens (including phenoxy) is 7. The molecule has 0 spiro atoms. The van der Waals surface area contributed by atoms with Crippen molar-refractivity contribution in [3.05, 3.63) is 116 Å². The summed E-state index contributed by atoms with van der Waals surface area (Å²) in [5, 5.41) is 30.9. The maximum absolute atomic E-state index is 11.4. The van der Waals surface area contributed by atoms with Crippen LogP contribution in [-0.4, -0.2) is 74.8 Å². The molecule has 4 rings (SSSR count). The molecule has 4 aromatic carbocycles. The van der Waals surface area contributed by atoms with Gasteiger partial charge in [0.2, 0.25) is 0 Å². The average Bonchev–Trinajstić information content (AvgIpc) is 3.20. The van der Waals surface area contributed by atoms with Crippen molar-refractivity contribution in [2.75, 3.05) is 41.7 Å². The highest BCUT2D eigenvalue weighted by Gasteiger charge is 2.21. The summed E-state index contributed by atoms with van der Waals surface area (Å²) in [6.45, 7) is 0.366. The molecule has 55 heavy (non-hydrogen) atoms. The van der Waals surface area contributed by atoms with Crippen molar-refractivity contribution >= 4 is 29.6 Å². The molecule has 17 heteroatoms. The van der Waals surface area contributed by atoms with E-state index in [0.29, 0.717) is 41.9 Å². The van der Waals surface area contributed by atoms with Crippen LogP contribution in [0.5, 0.6) is 34.5 Å². The number of rotatable bonds is 18. The first kappa shape index (κ1) is 44.3. The number of benzene rings is 4. The Morgan fingerprint density at radius 1 is 0.655 bits per heavy atom. The van der Waals surface area contributed by atoms with Crippen LogP contribution >= 0.6 is 0 Å². The molecular weight excluding hydrogens is 724 g/mol. The van der Waals surface area contributed by atoms with Gasteiger partial charge in [0.05, 0.1) is 74.8 Å². The van der Waals surface area contributed by atoms with Gasteiger partial charge in [0.1, 0.15) is 18.1 Å². The van der Waals surface area contributed by atoms with Gasteiger partial charge in [-0.05, 0) is 43.2 Å². The largest absolute Gasteiger partial charge is 0.508 e. The lowest BCUT2D eigenvalue weighted by Gasteiger charge is -2.13. The third-order valence-corrected chi connectivity index (χ3v) is 7.11. The van der Waals surface area contributed by atoms with Gasteiger partial charge < -0.3 is 38.3 Å². The molecule has 0 saturated carbocycles. The highest BCUT2D eigenvalue weighted by atomic mass is 16.6. The number of phenols is 1. The number of carbonyl (C=O) groups excluding carboxylic acids is 3. The number of phenolic OH excluding ortho intramolecular Hbond substituents is 1. The summed E-state index contributed by atoms with van der Waals surface area (Å²) >= 11 is 0. The molecule has 0 aromatic heterocycles. The summed E-state index contributed by atoms with van der Waals surface area (Å²) < 4.78 is 35.9. The van der Waals surface area contributed by atoms with Crippen LogP contribution in [0.3, 0.4) is 0 Å². The quantitative estimate of drug-likeness (QED) is 0.0368. The van der Waals surface area contributed by atoms with Crippen molar-refractivity contribution in [1.82, 2.24) is 0 Å². The van der Waals surface area contributed by atoms with E-state index in [1.807, 2.05) is 24.3 Å². The number of nitro benzene ring substituents is 2. The second-order valence-electron chi connectivity index (χ2n) is 10.8. The molecule has 0 aliphatic carbocycles. The third-order valence-electron chi connectivity index (χ3n) is 7.11. The van der Waals surface area contributed by atoms with Gasteiger partial charge in [-0.15, -0.1) is 0 Å². The molecule has 0 heterocycles. The van der Waals surface area contributed by atoms with Crippen LogP contribution in [0.1, 0.15) is 41.6 Å². The van der Waals surface area contributed by atoms with Gasteiger partial charge >= 0.3 is 11.9 Å². The number of para-hydroxylation sites is 2. The molecule has 4 aromatic rings. The molecule has 294 valence electrons. The van der Waals surface area contributed by atoms with Crippen LogP contribution in [0.2, 0.25) is 0 Å². The Morgan fingerprint density at radius 3 is 1.55 bits per heavy atom. The van der Waals surface area contributed by atoms with E-state index in [-0.39, 0.29) is 78.8 Å². The lowest BCUT2D eigenvalue weighted by atomic mass is 10.1. The lowest BCUT2D eigenvalue weighted by molar-refractivity contribution is -0.385. The minimum Gasteiger partial charge on any atom is -0.508 e. The van der Waals surface area contributed by atoms with Crippen molar-refractivity contribution < 1.29 is 62.5 Å². The molecule has 17 nitrogen and oxygen atoms in total. The maximum atomic E-state index is 11.4. The minimum absolute atomic E-state index is 0.0132. The van der Waals surface area contributed by atoms with E-state index in [2.05, 4.69) is 9.47 Å². The average molecular weight is 767 g/mol. The SMILES string of the molecule is COC(=O)CCCOc1cc([N+](=O)[O-])c(C=O)cc1OC.COC(=O)CCCOc1cc([N+](=O)[O-])c(COc2ccccc2)cc1OC.Oc1ccccc1. The second-order valence-corrected chi connectivity index (χ2v) is 10.8. The van der Waals surface area contributed by atoms with E-state index in [9.17, 15) is 34.6 Å². The van der Waals surface area contributed by atoms with Crippen LogP contribution < -0.4 is 23.7 Å². The van der Waals surface area contributed by atoms with Gasteiger partial charge in [0.15, 0.2) is 29.3 Å². The number of aldehydes is 1. The highest BCUT2D eigenvalue weighted by molar-refractivity contribution is 5.83. The molecular formula is C38H42N2O15. The number of nitro groups is 2. The zero-order valence-electron chi connectivity index (χ0n) is 30.7. The Labute approximate surface area is 316 Å². The molecule has 0 amide bonds. The summed E-state index contributed by atoms with van der Waals surface area (Å²) in [6.07, 6.45) is 1.56. The first-order chi connectivity index (χ1) is 26.5. The van der Waals surface area contributed by atoms with Crippen molar-refractivity contribution in [3.63, 3.8) is 0 Å². The molecule has 0 saturated heterocycles. The summed E-state index contributed by atoms with van der Waals surface area (Å²) in [5.74, 6) is 1.15. The number of methoxy groups -OCH3 is 4. The normalized spacial score (nSPS) is 9.82. The van der Waals surface area contributed by atoms with Crippen molar-refractivity contribution in [3.8, 4) is 34.5 Å². The molecule has 0 unspecified atom stereocenters. The van der Waals surface area contributed by atoms with Crippen LogP contribution in [0.25, 0.3) is 0 Å². The minimum atomic E-state index is -0.676. The summed E-state index contributed by atoms with van der Waals surface area (Å²) in [4.78, 5) is 54.0. The first-order valence-electron chi connectivity index (χ1n) is 16.5. The summed E-state index contributed by atoms with van der Waals surface area (Å²) in [5.41, 5.74) is -0.232.